The predicted octanol–water partition coefficient (Wildman–Crippen LogP) is 2.61. The maximum absolute atomic E-state index is 8.67. The van der Waals surface area contributed by atoms with Gasteiger partial charge in [0.25, 0.3) is 0 Å². The zero-order valence-electron chi connectivity index (χ0n) is 8.07. The van der Waals surface area contributed by atoms with Gasteiger partial charge in [-0.15, -0.1) is 0 Å². The van der Waals surface area contributed by atoms with E-state index in [2.05, 4.69) is 9.97 Å². The number of rotatable bonds is 3. The van der Waals surface area contributed by atoms with Gasteiger partial charge in [0.15, 0.2) is 0 Å². The number of halogens is 1. The van der Waals surface area contributed by atoms with Crippen LogP contribution in [-0.4, -0.2) is 21.7 Å². The minimum absolute atomic E-state index is 0.158. The molecule has 0 fully saturated rings. The van der Waals surface area contributed by atoms with Crippen LogP contribution in [0, 0.1) is 0 Å². The molecule has 0 amide bonds. The lowest BCUT2D eigenvalue weighted by atomic mass is 10.2. The topological polar surface area (TPSA) is 48.9 Å². The fourth-order valence-corrected chi connectivity index (χ4v) is 1.71. The number of aromatic nitrogens is 2. The fourth-order valence-electron chi connectivity index (χ4n) is 1.46. The SMILES string of the molecule is OCCC=Cc1c[nH]c2nccc(Cl)c12. The summed E-state index contributed by atoms with van der Waals surface area (Å²) in [5.74, 6) is 0. The van der Waals surface area contributed by atoms with Crippen LogP contribution in [0.15, 0.2) is 24.5 Å². The number of aliphatic hydroxyl groups is 1. The van der Waals surface area contributed by atoms with Gasteiger partial charge in [0, 0.05) is 30.0 Å². The molecule has 2 heterocycles. The molecule has 0 atom stereocenters. The van der Waals surface area contributed by atoms with E-state index in [4.69, 9.17) is 16.7 Å². The van der Waals surface area contributed by atoms with Gasteiger partial charge >= 0.3 is 0 Å². The average Bonchev–Trinajstić information content (AvgIpc) is 2.63. The van der Waals surface area contributed by atoms with Crippen molar-refractivity contribution in [3.63, 3.8) is 0 Å². The summed E-state index contributed by atoms with van der Waals surface area (Å²) in [5.41, 5.74) is 1.78. The normalized spacial score (nSPS) is 11.6. The van der Waals surface area contributed by atoms with Crippen LogP contribution in [0.2, 0.25) is 5.02 Å². The zero-order valence-corrected chi connectivity index (χ0v) is 8.83. The second-order valence-electron chi connectivity index (χ2n) is 3.18. The summed E-state index contributed by atoms with van der Waals surface area (Å²) in [6.07, 6.45) is 8.01. The lowest BCUT2D eigenvalue weighted by molar-refractivity contribution is 0.303. The molecule has 0 saturated carbocycles. The lowest BCUT2D eigenvalue weighted by Crippen LogP contribution is -1.77. The summed E-state index contributed by atoms with van der Waals surface area (Å²) in [6, 6.07) is 1.76. The Bertz CT molecular complexity index is 490. The largest absolute Gasteiger partial charge is 0.396 e. The molecule has 4 heteroatoms. The number of hydrogen-bond donors (Lipinski definition) is 2. The Morgan fingerprint density at radius 2 is 2.40 bits per heavy atom. The molecule has 2 aromatic heterocycles. The Morgan fingerprint density at radius 1 is 1.53 bits per heavy atom. The van der Waals surface area contributed by atoms with Crippen LogP contribution in [0.4, 0.5) is 0 Å². The van der Waals surface area contributed by atoms with Crippen molar-refractivity contribution in [1.29, 1.82) is 0 Å². The van der Waals surface area contributed by atoms with E-state index >= 15 is 0 Å². The van der Waals surface area contributed by atoms with Gasteiger partial charge in [-0.05, 0) is 12.5 Å². The van der Waals surface area contributed by atoms with Crippen LogP contribution >= 0.6 is 11.6 Å². The number of fused-ring (bicyclic) bond motifs is 1. The quantitative estimate of drug-likeness (QED) is 0.839. The van der Waals surface area contributed by atoms with E-state index < -0.39 is 0 Å². The fraction of sp³-hybridized carbons (Fsp3) is 0.182. The number of aromatic amines is 1. The molecule has 0 aliphatic carbocycles. The third-order valence-corrected chi connectivity index (χ3v) is 2.46. The summed E-state index contributed by atoms with van der Waals surface area (Å²) in [6.45, 7) is 0.158. The standard InChI is InChI=1S/C11H11ClN2O/c12-9-4-5-13-11-10(9)8(7-14-11)3-1-2-6-15/h1,3-5,7,15H,2,6H2,(H,13,14). The maximum atomic E-state index is 8.67. The summed E-state index contributed by atoms with van der Waals surface area (Å²) in [7, 11) is 0. The Hall–Kier alpha value is -1.32. The molecule has 15 heavy (non-hydrogen) atoms. The van der Waals surface area contributed by atoms with Crippen LogP contribution in [0.5, 0.6) is 0 Å². The molecular formula is C11H11ClN2O. The number of pyridine rings is 1. The number of H-pyrrole nitrogens is 1. The van der Waals surface area contributed by atoms with Crippen LogP contribution < -0.4 is 0 Å². The third kappa shape index (κ3) is 2.03. The lowest BCUT2D eigenvalue weighted by Gasteiger charge is -1.94. The third-order valence-electron chi connectivity index (χ3n) is 2.15. The first-order chi connectivity index (χ1) is 7.33. The highest BCUT2D eigenvalue weighted by Crippen LogP contribution is 2.25. The number of aliphatic hydroxyl groups excluding tert-OH is 1. The van der Waals surface area contributed by atoms with Crippen molar-refractivity contribution in [3.05, 3.63) is 35.1 Å². The number of hydrogen-bond acceptors (Lipinski definition) is 2. The molecule has 0 radical (unpaired) electrons. The monoisotopic (exact) mass is 222 g/mol. The average molecular weight is 223 g/mol. The molecule has 2 aromatic rings. The molecule has 0 aliphatic heterocycles. The molecule has 2 rings (SSSR count). The van der Waals surface area contributed by atoms with Crippen LogP contribution in [-0.2, 0) is 0 Å². The van der Waals surface area contributed by atoms with Crippen molar-refractivity contribution in [2.24, 2.45) is 0 Å². The van der Waals surface area contributed by atoms with Gasteiger partial charge in [0.2, 0.25) is 0 Å². The van der Waals surface area contributed by atoms with Gasteiger partial charge in [-0.3, -0.25) is 0 Å². The smallest absolute Gasteiger partial charge is 0.139 e. The van der Waals surface area contributed by atoms with Gasteiger partial charge in [0.1, 0.15) is 5.65 Å². The van der Waals surface area contributed by atoms with Crippen molar-refractivity contribution in [2.75, 3.05) is 6.61 Å². The Kier molecular flexibility index (Phi) is 3.04. The zero-order chi connectivity index (χ0) is 10.7. The van der Waals surface area contributed by atoms with Crippen LogP contribution in [0.25, 0.3) is 17.1 Å². The molecule has 0 unspecified atom stereocenters. The molecule has 3 nitrogen and oxygen atoms in total. The van der Waals surface area contributed by atoms with Crippen LogP contribution in [0.3, 0.4) is 0 Å². The highest BCUT2D eigenvalue weighted by Gasteiger charge is 2.05. The molecule has 0 saturated heterocycles. The van der Waals surface area contributed by atoms with Crippen LogP contribution in [0.1, 0.15) is 12.0 Å². The maximum Gasteiger partial charge on any atom is 0.139 e. The molecule has 0 bridgehead atoms. The first kappa shape index (κ1) is 10.2. The van der Waals surface area contributed by atoms with E-state index in [0.29, 0.717) is 11.4 Å². The minimum Gasteiger partial charge on any atom is -0.396 e. The van der Waals surface area contributed by atoms with Gasteiger partial charge in [-0.1, -0.05) is 23.8 Å². The molecule has 2 N–H and O–H groups in total. The van der Waals surface area contributed by atoms with E-state index in [-0.39, 0.29) is 6.61 Å². The van der Waals surface area contributed by atoms with Crippen molar-refractivity contribution < 1.29 is 5.11 Å². The first-order valence-electron chi connectivity index (χ1n) is 4.72. The summed E-state index contributed by atoms with van der Waals surface area (Å²) < 4.78 is 0. The molecule has 0 aliphatic rings. The second-order valence-corrected chi connectivity index (χ2v) is 3.58. The number of nitrogens with one attached hydrogen (secondary N) is 1. The summed E-state index contributed by atoms with van der Waals surface area (Å²) in [4.78, 5) is 7.21. The first-order valence-corrected chi connectivity index (χ1v) is 5.09. The molecule has 78 valence electrons. The van der Waals surface area contributed by atoms with Gasteiger partial charge in [-0.25, -0.2) is 4.98 Å². The highest BCUT2D eigenvalue weighted by atomic mass is 35.5. The van der Waals surface area contributed by atoms with E-state index in [1.807, 2.05) is 18.3 Å². The Morgan fingerprint density at radius 3 is 3.20 bits per heavy atom. The van der Waals surface area contributed by atoms with Crippen molar-refractivity contribution in [1.82, 2.24) is 9.97 Å². The van der Waals surface area contributed by atoms with E-state index in [9.17, 15) is 0 Å². The molecule has 0 aromatic carbocycles. The van der Waals surface area contributed by atoms with Gasteiger partial charge in [-0.2, -0.15) is 0 Å². The Labute approximate surface area is 92.4 Å². The van der Waals surface area contributed by atoms with E-state index in [1.165, 1.54) is 0 Å². The van der Waals surface area contributed by atoms with E-state index in [0.717, 1.165) is 16.6 Å². The predicted molar refractivity (Wildman–Crippen MR) is 61.8 cm³/mol. The summed E-state index contributed by atoms with van der Waals surface area (Å²) in [5, 5.41) is 10.3. The minimum atomic E-state index is 0.158. The van der Waals surface area contributed by atoms with Crippen molar-refractivity contribution >= 4 is 28.7 Å². The second kappa shape index (κ2) is 4.47. The van der Waals surface area contributed by atoms with Gasteiger partial charge in [0.05, 0.1) is 5.02 Å². The van der Waals surface area contributed by atoms with Crippen molar-refractivity contribution in [3.8, 4) is 0 Å². The molecular weight excluding hydrogens is 212 g/mol. The summed E-state index contributed by atoms with van der Waals surface area (Å²) >= 11 is 6.07. The Balaban J connectivity index is 2.44. The highest BCUT2D eigenvalue weighted by molar-refractivity contribution is 6.35. The van der Waals surface area contributed by atoms with Gasteiger partial charge < -0.3 is 10.1 Å². The van der Waals surface area contributed by atoms with Crippen molar-refractivity contribution in [2.45, 2.75) is 6.42 Å². The molecule has 0 spiro atoms. The number of nitrogens with zero attached hydrogens (tertiary/aromatic N) is 1. The van der Waals surface area contributed by atoms with E-state index in [1.54, 1.807) is 12.3 Å².